The molecule has 1 N–H and O–H groups in total. The fraction of sp³-hybridized carbons (Fsp3) is 0.435. The van der Waals surface area contributed by atoms with E-state index in [0.717, 1.165) is 42.7 Å². The summed E-state index contributed by atoms with van der Waals surface area (Å²) in [6, 6.07) is 14.5. The molecule has 0 aromatic heterocycles. The molecule has 6 nitrogen and oxygen atoms in total. The lowest BCUT2D eigenvalue weighted by atomic mass is 9.96. The van der Waals surface area contributed by atoms with Crippen LogP contribution in [0.2, 0.25) is 0 Å². The van der Waals surface area contributed by atoms with Gasteiger partial charge in [0.15, 0.2) is 0 Å². The van der Waals surface area contributed by atoms with Crippen molar-refractivity contribution in [2.24, 2.45) is 0 Å². The molecule has 1 aliphatic heterocycles. The van der Waals surface area contributed by atoms with Crippen molar-refractivity contribution >= 4 is 21.6 Å². The molecule has 1 amide bonds. The van der Waals surface area contributed by atoms with Crippen molar-refractivity contribution in [3.05, 3.63) is 54.1 Å². The van der Waals surface area contributed by atoms with Gasteiger partial charge in [-0.25, -0.2) is 13.1 Å². The highest BCUT2D eigenvalue weighted by Crippen LogP contribution is 2.31. The average molecular weight is 429 g/mol. The Balaban J connectivity index is 1.35. The molecule has 30 heavy (non-hydrogen) atoms. The molecule has 1 heterocycles. The first-order chi connectivity index (χ1) is 14.5. The van der Waals surface area contributed by atoms with Crippen LogP contribution in [0.5, 0.6) is 5.75 Å². The van der Waals surface area contributed by atoms with Crippen molar-refractivity contribution in [2.45, 2.75) is 55.9 Å². The van der Waals surface area contributed by atoms with Gasteiger partial charge in [0.1, 0.15) is 12.4 Å². The van der Waals surface area contributed by atoms with Gasteiger partial charge in [0.05, 0.1) is 17.1 Å². The third-order valence-corrected chi connectivity index (χ3v) is 7.35. The quantitative estimate of drug-likeness (QED) is 0.762. The highest BCUT2D eigenvalue weighted by molar-refractivity contribution is 7.89. The van der Waals surface area contributed by atoms with Gasteiger partial charge >= 0.3 is 0 Å². The second-order valence-corrected chi connectivity index (χ2v) is 9.68. The van der Waals surface area contributed by atoms with Crippen molar-refractivity contribution < 1.29 is 17.9 Å². The minimum atomic E-state index is -3.50. The maximum Gasteiger partial charge on any atom is 0.240 e. The fourth-order valence-electron chi connectivity index (χ4n) is 4.16. The standard InChI is InChI=1S/C23H28N2O4S/c26-23(25-16-17-29-22-9-5-4-8-21(22)25)15-12-18-10-13-20(14-11-18)30(27,28)24-19-6-2-1-3-7-19/h4-5,8-11,13-14,19,24H,1-3,6-7,12,15-17H2. The number of para-hydroxylation sites is 2. The molecule has 2 aliphatic rings. The number of benzene rings is 2. The van der Waals surface area contributed by atoms with Crippen LogP contribution >= 0.6 is 0 Å². The summed E-state index contributed by atoms with van der Waals surface area (Å²) < 4.78 is 33.7. The van der Waals surface area contributed by atoms with Gasteiger partial charge in [-0.05, 0) is 49.1 Å². The van der Waals surface area contributed by atoms with Crippen LogP contribution < -0.4 is 14.4 Å². The molecular weight excluding hydrogens is 400 g/mol. The summed E-state index contributed by atoms with van der Waals surface area (Å²) in [5.74, 6) is 0.776. The Morgan fingerprint density at radius 1 is 1.03 bits per heavy atom. The van der Waals surface area contributed by atoms with E-state index < -0.39 is 10.0 Å². The van der Waals surface area contributed by atoms with E-state index >= 15 is 0 Å². The summed E-state index contributed by atoms with van der Waals surface area (Å²) in [6.45, 7) is 1.03. The highest BCUT2D eigenvalue weighted by atomic mass is 32.2. The summed E-state index contributed by atoms with van der Waals surface area (Å²) in [7, 11) is -3.50. The van der Waals surface area contributed by atoms with E-state index in [9.17, 15) is 13.2 Å². The molecule has 7 heteroatoms. The number of hydrogen-bond donors (Lipinski definition) is 1. The molecule has 0 spiro atoms. The smallest absolute Gasteiger partial charge is 0.240 e. The molecule has 2 aromatic carbocycles. The van der Waals surface area contributed by atoms with Crippen LogP contribution in [0.4, 0.5) is 5.69 Å². The van der Waals surface area contributed by atoms with E-state index in [1.54, 1.807) is 29.2 Å². The minimum Gasteiger partial charge on any atom is -0.490 e. The molecule has 0 unspecified atom stereocenters. The number of nitrogens with one attached hydrogen (secondary N) is 1. The van der Waals surface area contributed by atoms with Crippen molar-refractivity contribution in [2.75, 3.05) is 18.1 Å². The van der Waals surface area contributed by atoms with E-state index in [2.05, 4.69) is 4.72 Å². The number of fused-ring (bicyclic) bond motifs is 1. The SMILES string of the molecule is O=C(CCc1ccc(S(=O)(=O)NC2CCCCC2)cc1)N1CCOc2ccccc21. The maximum absolute atomic E-state index is 12.7. The van der Waals surface area contributed by atoms with Crippen molar-refractivity contribution in [1.82, 2.24) is 4.72 Å². The van der Waals surface area contributed by atoms with Gasteiger partial charge in [-0.15, -0.1) is 0 Å². The Kier molecular flexibility index (Phi) is 6.39. The van der Waals surface area contributed by atoms with E-state index in [4.69, 9.17) is 4.74 Å². The number of carbonyl (C=O) groups is 1. The average Bonchev–Trinajstić information content (AvgIpc) is 2.78. The number of rotatable bonds is 6. The lowest BCUT2D eigenvalue weighted by Crippen LogP contribution is -2.38. The van der Waals surface area contributed by atoms with Gasteiger partial charge in [-0.1, -0.05) is 43.5 Å². The first kappa shape index (κ1) is 20.9. The van der Waals surface area contributed by atoms with Crippen LogP contribution in [0.1, 0.15) is 44.1 Å². The second-order valence-electron chi connectivity index (χ2n) is 7.96. The zero-order chi connectivity index (χ0) is 21.0. The number of amides is 1. The second kappa shape index (κ2) is 9.18. The van der Waals surface area contributed by atoms with Crippen molar-refractivity contribution in [1.29, 1.82) is 0 Å². The molecule has 2 aromatic rings. The number of carbonyl (C=O) groups excluding carboxylic acids is 1. The van der Waals surface area contributed by atoms with E-state index in [1.807, 2.05) is 24.3 Å². The first-order valence-electron chi connectivity index (χ1n) is 10.7. The Morgan fingerprint density at radius 2 is 1.77 bits per heavy atom. The zero-order valence-electron chi connectivity index (χ0n) is 17.0. The molecular formula is C23H28N2O4S. The van der Waals surface area contributed by atoms with Crippen molar-refractivity contribution in [3.8, 4) is 5.75 Å². The molecule has 160 valence electrons. The monoisotopic (exact) mass is 428 g/mol. The molecule has 1 saturated carbocycles. The number of anilines is 1. The van der Waals surface area contributed by atoms with E-state index in [1.165, 1.54) is 6.42 Å². The lowest BCUT2D eigenvalue weighted by molar-refractivity contribution is -0.118. The van der Waals surface area contributed by atoms with Crippen LogP contribution in [0.3, 0.4) is 0 Å². The van der Waals surface area contributed by atoms with Crippen LogP contribution in [0.15, 0.2) is 53.4 Å². The van der Waals surface area contributed by atoms with Crippen LogP contribution in [-0.2, 0) is 21.2 Å². The minimum absolute atomic E-state index is 0.0393. The maximum atomic E-state index is 12.7. The third kappa shape index (κ3) is 4.84. The summed E-state index contributed by atoms with van der Waals surface area (Å²) in [6.07, 6.45) is 6.08. The number of hydrogen-bond acceptors (Lipinski definition) is 4. The Morgan fingerprint density at radius 3 is 2.53 bits per heavy atom. The Labute approximate surface area is 178 Å². The number of sulfonamides is 1. The van der Waals surface area contributed by atoms with Gasteiger partial charge in [0, 0.05) is 12.5 Å². The van der Waals surface area contributed by atoms with Gasteiger partial charge in [0.2, 0.25) is 15.9 Å². The molecule has 4 rings (SSSR count). The zero-order valence-corrected chi connectivity index (χ0v) is 17.9. The lowest BCUT2D eigenvalue weighted by Gasteiger charge is -2.29. The summed E-state index contributed by atoms with van der Waals surface area (Å²) in [5, 5.41) is 0. The van der Waals surface area contributed by atoms with Gasteiger partial charge in [-0.2, -0.15) is 0 Å². The molecule has 1 aliphatic carbocycles. The van der Waals surface area contributed by atoms with Crippen LogP contribution in [-0.4, -0.2) is 33.5 Å². The number of aryl methyl sites for hydroxylation is 1. The molecule has 0 bridgehead atoms. The van der Waals surface area contributed by atoms with Gasteiger partial charge < -0.3 is 9.64 Å². The van der Waals surface area contributed by atoms with Gasteiger partial charge in [-0.3, -0.25) is 4.79 Å². The molecule has 0 saturated heterocycles. The fourth-order valence-corrected chi connectivity index (χ4v) is 5.46. The van der Waals surface area contributed by atoms with Gasteiger partial charge in [0.25, 0.3) is 0 Å². The molecule has 0 atom stereocenters. The first-order valence-corrected chi connectivity index (χ1v) is 12.1. The summed E-state index contributed by atoms with van der Waals surface area (Å²) in [4.78, 5) is 14.8. The third-order valence-electron chi connectivity index (χ3n) is 5.82. The Hall–Kier alpha value is -2.38. The molecule has 1 fully saturated rings. The van der Waals surface area contributed by atoms with Crippen LogP contribution in [0.25, 0.3) is 0 Å². The van der Waals surface area contributed by atoms with Crippen LogP contribution in [0, 0.1) is 0 Å². The highest BCUT2D eigenvalue weighted by Gasteiger charge is 2.24. The Bertz CT molecular complexity index is 983. The normalized spacial score (nSPS) is 17.3. The number of nitrogens with zero attached hydrogens (tertiary/aromatic N) is 1. The van der Waals surface area contributed by atoms with E-state index in [0.29, 0.717) is 26.0 Å². The number of ether oxygens (including phenoxy) is 1. The molecule has 0 radical (unpaired) electrons. The van der Waals surface area contributed by atoms with Crippen molar-refractivity contribution in [3.63, 3.8) is 0 Å². The topological polar surface area (TPSA) is 75.7 Å². The summed E-state index contributed by atoms with van der Waals surface area (Å²) >= 11 is 0. The summed E-state index contributed by atoms with van der Waals surface area (Å²) in [5.41, 5.74) is 1.76. The largest absolute Gasteiger partial charge is 0.490 e. The predicted octanol–water partition coefficient (Wildman–Crippen LogP) is 3.66. The predicted molar refractivity (Wildman–Crippen MR) is 116 cm³/mol. The van der Waals surface area contributed by atoms with E-state index in [-0.39, 0.29) is 16.8 Å².